The normalized spacial score (nSPS) is 26.6. The summed E-state index contributed by atoms with van der Waals surface area (Å²) in [6.45, 7) is 2.39. The smallest absolute Gasteiger partial charge is 0.314 e. The molecule has 0 aromatic heterocycles. The minimum atomic E-state index is -0.431. The molecule has 0 radical (unpaired) electrons. The van der Waals surface area contributed by atoms with Crippen LogP contribution in [-0.2, 0) is 19.1 Å². The Morgan fingerprint density at radius 2 is 2.54 bits per heavy atom. The van der Waals surface area contributed by atoms with Gasteiger partial charge in [-0.05, 0) is 6.92 Å². The molecule has 1 rings (SSSR count). The Morgan fingerprint density at radius 1 is 1.77 bits per heavy atom. The Bertz CT molecular complexity index is 204. The first kappa shape index (κ1) is 9.98. The molecule has 0 aromatic rings. The minimum absolute atomic E-state index is 0.309. The van der Waals surface area contributed by atoms with Crippen molar-refractivity contribution in [3.8, 4) is 0 Å². The quantitative estimate of drug-likeness (QED) is 0.605. The summed E-state index contributed by atoms with van der Waals surface area (Å²) in [6, 6.07) is 0. The fourth-order valence-electron chi connectivity index (χ4n) is 1.08. The molecular weight excluding hydrogens is 174 g/mol. The van der Waals surface area contributed by atoms with E-state index < -0.39 is 6.29 Å². The van der Waals surface area contributed by atoms with Gasteiger partial charge in [-0.3, -0.25) is 4.79 Å². The maximum absolute atomic E-state index is 11.1. The molecule has 5 nitrogen and oxygen atoms in total. The van der Waals surface area contributed by atoms with Crippen molar-refractivity contribution < 1.29 is 19.1 Å². The Balaban J connectivity index is 2.46. The Kier molecular flexibility index (Phi) is 3.70. The van der Waals surface area contributed by atoms with Gasteiger partial charge >= 0.3 is 5.97 Å². The molecule has 0 spiro atoms. The van der Waals surface area contributed by atoms with Crippen molar-refractivity contribution in [3.05, 3.63) is 0 Å². The van der Waals surface area contributed by atoms with Crippen LogP contribution in [0.25, 0.3) is 0 Å². The van der Waals surface area contributed by atoms with Crippen molar-refractivity contribution in [2.75, 3.05) is 13.7 Å². The Hall–Kier alpha value is -1.10. The van der Waals surface area contributed by atoms with Gasteiger partial charge in [0.05, 0.1) is 13.3 Å². The second-order valence-electron chi connectivity index (χ2n) is 2.61. The summed E-state index contributed by atoms with van der Waals surface area (Å²) >= 11 is 0. The van der Waals surface area contributed by atoms with Gasteiger partial charge in [-0.15, -0.1) is 0 Å². The molecule has 1 aliphatic heterocycles. The van der Waals surface area contributed by atoms with Crippen molar-refractivity contribution in [2.45, 2.75) is 19.6 Å². The van der Waals surface area contributed by atoms with E-state index in [4.69, 9.17) is 9.57 Å². The number of nitrogens with zero attached hydrogens (tertiary/aromatic N) is 1. The van der Waals surface area contributed by atoms with Crippen LogP contribution in [0.3, 0.4) is 0 Å². The molecule has 1 heterocycles. The monoisotopic (exact) mass is 187 g/mol. The van der Waals surface area contributed by atoms with Crippen molar-refractivity contribution in [1.82, 2.24) is 0 Å². The molecule has 74 valence electrons. The van der Waals surface area contributed by atoms with E-state index in [1.165, 1.54) is 13.3 Å². The van der Waals surface area contributed by atoms with E-state index in [2.05, 4.69) is 9.89 Å². The van der Waals surface area contributed by atoms with E-state index in [-0.39, 0.29) is 11.9 Å². The molecule has 0 aliphatic carbocycles. The molecule has 0 fully saturated rings. The van der Waals surface area contributed by atoms with E-state index in [9.17, 15) is 4.79 Å². The highest BCUT2D eigenvalue weighted by atomic mass is 16.8. The third-order valence-electron chi connectivity index (χ3n) is 1.72. The van der Waals surface area contributed by atoms with E-state index in [1.54, 1.807) is 0 Å². The van der Waals surface area contributed by atoms with Gasteiger partial charge in [0.25, 0.3) is 0 Å². The number of hydrogen-bond donors (Lipinski definition) is 0. The second kappa shape index (κ2) is 4.81. The van der Waals surface area contributed by atoms with Crippen LogP contribution >= 0.6 is 0 Å². The number of rotatable bonds is 3. The number of esters is 1. The lowest BCUT2D eigenvalue weighted by molar-refractivity contribution is -0.165. The van der Waals surface area contributed by atoms with Crippen LogP contribution in [0.5, 0.6) is 0 Å². The number of hydrogen-bond acceptors (Lipinski definition) is 5. The van der Waals surface area contributed by atoms with Crippen LogP contribution in [0, 0.1) is 5.92 Å². The highest BCUT2D eigenvalue weighted by molar-refractivity contribution is 5.89. The molecule has 2 atom stereocenters. The van der Waals surface area contributed by atoms with Gasteiger partial charge in [-0.25, -0.2) is 0 Å². The topological polar surface area (TPSA) is 57.1 Å². The molecule has 0 amide bonds. The van der Waals surface area contributed by atoms with Crippen LogP contribution in [0.15, 0.2) is 5.16 Å². The first-order chi connectivity index (χ1) is 6.27. The van der Waals surface area contributed by atoms with Gasteiger partial charge in [0.15, 0.2) is 0 Å². The highest BCUT2D eigenvalue weighted by Gasteiger charge is 2.27. The molecule has 13 heavy (non-hydrogen) atoms. The summed E-state index contributed by atoms with van der Waals surface area (Å²) in [5.74, 6) is -0.660. The van der Waals surface area contributed by atoms with Crippen LogP contribution in [0.1, 0.15) is 13.3 Å². The van der Waals surface area contributed by atoms with Crippen LogP contribution in [-0.4, -0.2) is 32.2 Å². The zero-order valence-electron chi connectivity index (χ0n) is 7.73. The average Bonchev–Trinajstić information content (AvgIpc) is 2.18. The van der Waals surface area contributed by atoms with Gasteiger partial charge in [0.1, 0.15) is 5.92 Å². The lowest BCUT2D eigenvalue weighted by Gasteiger charge is -2.21. The van der Waals surface area contributed by atoms with E-state index >= 15 is 0 Å². The van der Waals surface area contributed by atoms with Crippen LogP contribution in [0.4, 0.5) is 0 Å². The van der Waals surface area contributed by atoms with E-state index in [0.717, 1.165) is 0 Å². The number of oxime groups is 1. The van der Waals surface area contributed by atoms with Gasteiger partial charge in [-0.1, -0.05) is 5.16 Å². The first-order valence-electron chi connectivity index (χ1n) is 4.16. The number of ether oxygens (including phenoxy) is 2. The molecule has 0 aromatic carbocycles. The fraction of sp³-hybridized carbons (Fsp3) is 0.750. The predicted molar refractivity (Wildman–Crippen MR) is 45.1 cm³/mol. The van der Waals surface area contributed by atoms with E-state index in [0.29, 0.717) is 13.0 Å². The lowest BCUT2D eigenvalue weighted by Crippen LogP contribution is -2.29. The summed E-state index contributed by atoms with van der Waals surface area (Å²) in [7, 11) is 1.35. The fourth-order valence-corrected chi connectivity index (χ4v) is 1.08. The summed E-state index contributed by atoms with van der Waals surface area (Å²) in [5.41, 5.74) is 0. The maximum Gasteiger partial charge on any atom is 0.314 e. The molecule has 0 bridgehead atoms. The van der Waals surface area contributed by atoms with Crippen LogP contribution in [0.2, 0.25) is 0 Å². The molecule has 1 aliphatic rings. The summed E-state index contributed by atoms with van der Waals surface area (Å²) in [4.78, 5) is 16.0. The molecule has 0 saturated carbocycles. The largest absolute Gasteiger partial charge is 0.469 e. The summed E-state index contributed by atoms with van der Waals surface area (Å²) < 4.78 is 9.74. The molecule has 5 heteroatoms. The number of carbonyl (C=O) groups excluding carboxylic acids is 1. The molecule has 0 saturated heterocycles. The van der Waals surface area contributed by atoms with Crippen molar-refractivity contribution in [1.29, 1.82) is 0 Å². The Morgan fingerprint density at radius 3 is 3.15 bits per heavy atom. The van der Waals surface area contributed by atoms with Crippen molar-refractivity contribution in [2.24, 2.45) is 11.1 Å². The zero-order chi connectivity index (χ0) is 9.68. The third kappa shape index (κ3) is 2.69. The standard InChI is InChI=1S/C8H13NO4/c1-3-12-7-4-6(5-9-13-7)8(10)11-2/h5-7H,3-4H2,1-2H3/t6-,7-/m1/s1. The first-order valence-corrected chi connectivity index (χ1v) is 4.16. The maximum atomic E-state index is 11.1. The third-order valence-corrected chi connectivity index (χ3v) is 1.72. The second-order valence-corrected chi connectivity index (χ2v) is 2.61. The zero-order valence-corrected chi connectivity index (χ0v) is 7.73. The molecular formula is C8H13NO4. The number of methoxy groups -OCH3 is 1. The minimum Gasteiger partial charge on any atom is -0.469 e. The number of carbonyl (C=O) groups is 1. The van der Waals surface area contributed by atoms with E-state index in [1.807, 2.05) is 6.92 Å². The van der Waals surface area contributed by atoms with Gasteiger partial charge in [0, 0.05) is 13.0 Å². The molecule has 0 N–H and O–H groups in total. The molecule has 0 unspecified atom stereocenters. The van der Waals surface area contributed by atoms with Gasteiger partial charge in [0.2, 0.25) is 6.29 Å². The Labute approximate surface area is 76.6 Å². The van der Waals surface area contributed by atoms with Crippen molar-refractivity contribution >= 4 is 12.2 Å². The summed E-state index contributed by atoms with van der Waals surface area (Å²) in [5, 5.41) is 3.58. The summed E-state index contributed by atoms with van der Waals surface area (Å²) in [6.07, 6.45) is 1.46. The van der Waals surface area contributed by atoms with Gasteiger partial charge < -0.3 is 14.3 Å². The average molecular weight is 187 g/mol. The SMILES string of the molecule is CCO[C@H]1C[C@@H](C(=O)OC)C=NO1. The van der Waals surface area contributed by atoms with Crippen LogP contribution < -0.4 is 0 Å². The predicted octanol–water partition coefficient (Wildman–Crippen LogP) is 0.544. The highest BCUT2D eigenvalue weighted by Crippen LogP contribution is 2.15. The van der Waals surface area contributed by atoms with Crippen molar-refractivity contribution in [3.63, 3.8) is 0 Å². The van der Waals surface area contributed by atoms with Gasteiger partial charge in [-0.2, -0.15) is 0 Å². The lowest BCUT2D eigenvalue weighted by atomic mass is 10.1.